The second kappa shape index (κ2) is 4.49. The molecule has 3 nitrogen and oxygen atoms in total. The average Bonchev–Trinajstić information content (AvgIpc) is 2.51. The number of rotatable bonds is 2. The van der Waals surface area contributed by atoms with Crippen molar-refractivity contribution in [2.24, 2.45) is 11.8 Å². The lowest BCUT2D eigenvalue weighted by Crippen LogP contribution is -2.38. The molecule has 1 aliphatic rings. The smallest absolute Gasteiger partial charge is 0.246 e. The van der Waals surface area contributed by atoms with Crippen LogP contribution in [-0.4, -0.2) is 24.0 Å². The monoisotopic (exact) mass is 232 g/mol. The maximum atomic E-state index is 12.5. The Morgan fingerprint density at radius 2 is 1.76 bits per heavy atom. The lowest BCUT2D eigenvalue weighted by atomic mass is 9.90. The van der Waals surface area contributed by atoms with Gasteiger partial charge in [-0.15, -0.1) is 0 Å². The van der Waals surface area contributed by atoms with E-state index in [1.807, 2.05) is 42.4 Å². The van der Waals surface area contributed by atoms with E-state index in [0.29, 0.717) is 5.92 Å². The maximum absolute atomic E-state index is 12.5. The van der Waals surface area contributed by atoms with Gasteiger partial charge in [0.1, 0.15) is 0 Å². The lowest BCUT2D eigenvalue weighted by molar-refractivity contribution is -0.121. The highest BCUT2D eigenvalue weighted by Gasteiger charge is 2.44. The molecule has 1 aromatic carbocycles. The molecule has 2 atom stereocenters. The predicted octanol–water partition coefficient (Wildman–Crippen LogP) is 2.54. The Morgan fingerprint density at radius 1 is 1.18 bits per heavy atom. The van der Waals surface area contributed by atoms with E-state index in [1.54, 1.807) is 5.01 Å². The Labute approximate surface area is 103 Å². The first-order valence-corrected chi connectivity index (χ1v) is 6.15. The molecule has 17 heavy (non-hydrogen) atoms. The molecule has 1 amide bonds. The molecule has 0 aliphatic carbocycles. The van der Waals surface area contributed by atoms with E-state index in [4.69, 9.17) is 0 Å². The van der Waals surface area contributed by atoms with Gasteiger partial charge >= 0.3 is 0 Å². The molecule has 1 heterocycles. The normalized spacial score (nSPS) is 25.9. The fourth-order valence-corrected chi connectivity index (χ4v) is 2.64. The van der Waals surface area contributed by atoms with Crippen LogP contribution in [0, 0.1) is 11.8 Å². The molecule has 2 unspecified atom stereocenters. The molecule has 1 aromatic rings. The van der Waals surface area contributed by atoms with E-state index in [2.05, 4.69) is 20.8 Å². The molecule has 1 fully saturated rings. The van der Waals surface area contributed by atoms with Gasteiger partial charge in [-0.2, -0.15) is 0 Å². The Kier molecular flexibility index (Phi) is 3.20. The molecule has 0 N–H and O–H groups in total. The summed E-state index contributed by atoms with van der Waals surface area (Å²) >= 11 is 0. The number of carbonyl (C=O) groups is 1. The third kappa shape index (κ3) is 1.95. The summed E-state index contributed by atoms with van der Waals surface area (Å²) in [7, 11) is 1.98. The van der Waals surface area contributed by atoms with Gasteiger partial charge < -0.3 is 0 Å². The SMILES string of the molecule is CC(C)C1C(=O)N(c2ccccc2)N(C)C1C. The van der Waals surface area contributed by atoms with Gasteiger partial charge in [-0.05, 0) is 25.0 Å². The molecule has 0 aromatic heterocycles. The van der Waals surface area contributed by atoms with Crippen LogP contribution in [-0.2, 0) is 4.79 Å². The molecule has 0 saturated carbocycles. The van der Waals surface area contributed by atoms with Crippen LogP contribution in [0.4, 0.5) is 5.69 Å². The van der Waals surface area contributed by atoms with Crippen molar-refractivity contribution in [2.75, 3.05) is 12.1 Å². The minimum atomic E-state index is 0.0835. The maximum Gasteiger partial charge on any atom is 0.246 e. The quantitative estimate of drug-likeness (QED) is 0.782. The number of amides is 1. The fourth-order valence-electron chi connectivity index (χ4n) is 2.64. The first kappa shape index (κ1) is 12.1. The second-order valence-electron chi connectivity index (χ2n) is 5.07. The van der Waals surface area contributed by atoms with Crippen molar-refractivity contribution in [3.8, 4) is 0 Å². The molecule has 92 valence electrons. The van der Waals surface area contributed by atoms with E-state index in [-0.39, 0.29) is 17.9 Å². The first-order chi connectivity index (χ1) is 8.04. The number of para-hydroxylation sites is 1. The average molecular weight is 232 g/mol. The summed E-state index contributed by atoms with van der Waals surface area (Å²) < 4.78 is 0. The number of nitrogens with zero attached hydrogens (tertiary/aromatic N) is 2. The van der Waals surface area contributed by atoms with Gasteiger partial charge in [0.05, 0.1) is 11.6 Å². The zero-order chi connectivity index (χ0) is 12.6. The van der Waals surface area contributed by atoms with E-state index >= 15 is 0 Å². The van der Waals surface area contributed by atoms with Gasteiger partial charge in [0, 0.05) is 13.1 Å². The van der Waals surface area contributed by atoms with Gasteiger partial charge in [0.15, 0.2) is 0 Å². The van der Waals surface area contributed by atoms with Crippen molar-refractivity contribution in [2.45, 2.75) is 26.8 Å². The summed E-state index contributed by atoms with van der Waals surface area (Å²) in [6.07, 6.45) is 0. The third-order valence-electron chi connectivity index (χ3n) is 3.64. The summed E-state index contributed by atoms with van der Waals surface area (Å²) in [5, 5.41) is 3.84. The number of benzene rings is 1. The van der Waals surface area contributed by atoms with Crippen LogP contribution in [0.25, 0.3) is 0 Å². The molecular formula is C14H20N2O. The minimum absolute atomic E-state index is 0.0835. The third-order valence-corrected chi connectivity index (χ3v) is 3.64. The molecule has 0 spiro atoms. The lowest BCUT2D eigenvalue weighted by Gasteiger charge is -2.26. The molecule has 1 saturated heterocycles. The Hall–Kier alpha value is -1.35. The molecule has 1 aliphatic heterocycles. The van der Waals surface area contributed by atoms with Crippen molar-refractivity contribution in [3.63, 3.8) is 0 Å². The molecule has 0 radical (unpaired) electrons. The summed E-state index contributed by atoms with van der Waals surface area (Å²) in [5.74, 6) is 0.662. The van der Waals surface area contributed by atoms with Crippen LogP contribution >= 0.6 is 0 Å². The molecule has 0 bridgehead atoms. The highest BCUT2D eigenvalue weighted by molar-refractivity contribution is 5.96. The van der Waals surface area contributed by atoms with Crippen LogP contribution in [0.2, 0.25) is 0 Å². The summed E-state index contributed by atoms with van der Waals surface area (Å²) in [6.45, 7) is 6.34. The van der Waals surface area contributed by atoms with Crippen molar-refractivity contribution < 1.29 is 4.79 Å². The zero-order valence-corrected chi connectivity index (χ0v) is 10.9. The predicted molar refractivity (Wildman–Crippen MR) is 69.5 cm³/mol. The minimum Gasteiger partial charge on any atom is -0.273 e. The van der Waals surface area contributed by atoms with Gasteiger partial charge in [-0.3, -0.25) is 4.79 Å². The largest absolute Gasteiger partial charge is 0.273 e. The van der Waals surface area contributed by atoms with Gasteiger partial charge in [0.25, 0.3) is 0 Å². The number of carbonyl (C=O) groups excluding carboxylic acids is 1. The number of hydrogen-bond acceptors (Lipinski definition) is 2. The van der Waals surface area contributed by atoms with E-state index in [9.17, 15) is 4.79 Å². The van der Waals surface area contributed by atoms with Crippen LogP contribution in [0.15, 0.2) is 30.3 Å². The molecular weight excluding hydrogens is 212 g/mol. The van der Waals surface area contributed by atoms with Crippen molar-refractivity contribution in [1.82, 2.24) is 5.01 Å². The summed E-state index contributed by atoms with van der Waals surface area (Å²) in [4.78, 5) is 12.5. The highest BCUT2D eigenvalue weighted by Crippen LogP contribution is 2.33. The summed E-state index contributed by atoms with van der Waals surface area (Å²) in [5.41, 5.74) is 0.954. The highest BCUT2D eigenvalue weighted by atomic mass is 16.2. The van der Waals surface area contributed by atoms with Crippen LogP contribution in [0.3, 0.4) is 0 Å². The van der Waals surface area contributed by atoms with Crippen LogP contribution in [0.5, 0.6) is 0 Å². The number of hydrogen-bond donors (Lipinski definition) is 0. The fraction of sp³-hybridized carbons (Fsp3) is 0.500. The van der Waals surface area contributed by atoms with E-state index in [1.165, 1.54) is 0 Å². The van der Waals surface area contributed by atoms with Crippen molar-refractivity contribution >= 4 is 11.6 Å². The van der Waals surface area contributed by atoms with Gasteiger partial charge in [-0.1, -0.05) is 32.0 Å². The molecule has 2 rings (SSSR count). The topological polar surface area (TPSA) is 23.6 Å². The zero-order valence-electron chi connectivity index (χ0n) is 10.9. The number of hydrazine groups is 1. The Bertz CT molecular complexity index is 402. The van der Waals surface area contributed by atoms with Gasteiger partial charge in [-0.25, -0.2) is 10.0 Å². The number of anilines is 1. The van der Waals surface area contributed by atoms with Crippen LogP contribution < -0.4 is 5.01 Å². The Balaban J connectivity index is 2.34. The standard InChI is InChI=1S/C14H20N2O/c1-10(2)13-11(3)15(4)16(14(13)17)12-8-6-5-7-9-12/h5-11,13H,1-4H3. The van der Waals surface area contributed by atoms with Gasteiger partial charge in [0.2, 0.25) is 5.91 Å². The van der Waals surface area contributed by atoms with Crippen molar-refractivity contribution in [1.29, 1.82) is 0 Å². The van der Waals surface area contributed by atoms with E-state index in [0.717, 1.165) is 5.69 Å². The Morgan fingerprint density at radius 3 is 2.24 bits per heavy atom. The first-order valence-electron chi connectivity index (χ1n) is 6.15. The second-order valence-corrected chi connectivity index (χ2v) is 5.07. The molecule has 3 heteroatoms. The van der Waals surface area contributed by atoms with Crippen molar-refractivity contribution in [3.05, 3.63) is 30.3 Å². The van der Waals surface area contributed by atoms with E-state index < -0.39 is 0 Å². The van der Waals surface area contributed by atoms with Crippen LogP contribution in [0.1, 0.15) is 20.8 Å². The summed E-state index contributed by atoms with van der Waals surface area (Å²) in [6, 6.07) is 10.1.